The summed E-state index contributed by atoms with van der Waals surface area (Å²) in [6.07, 6.45) is 1.83. The fraction of sp³-hybridized carbons (Fsp3) is 0.200. The predicted octanol–water partition coefficient (Wildman–Crippen LogP) is 2.65. The van der Waals surface area contributed by atoms with Crippen molar-refractivity contribution in [2.45, 2.75) is 6.92 Å². The number of rotatable bonds is 2. The first kappa shape index (κ1) is 7.86. The van der Waals surface area contributed by atoms with Crippen LogP contribution in [0.3, 0.4) is 0 Å². The van der Waals surface area contributed by atoms with Crippen molar-refractivity contribution in [2.75, 3.05) is 7.11 Å². The summed E-state index contributed by atoms with van der Waals surface area (Å²) in [5.41, 5.74) is 2.35. The second-order valence-corrected chi connectivity index (χ2v) is 2.43. The van der Waals surface area contributed by atoms with Gasteiger partial charge in [-0.2, -0.15) is 0 Å². The van der Waals surface area contributed by atoms with Crippen molar-refractivity contribution >= 4 is 6.08 Å². The maximum atomic E-state index is 5.06. The molecule has 1 aromatic carbocycles. The van der Waals surface area contributed by atoms with Crippen LogP contribution in [0.5, 0.6) is 5.75 Å². The first-order valence-electron chi connectivity index (χ1n) is 3.55. The summed E-state index contributed by atoms with van der Waals surface area (Å²) in [5, 5.41) is 0. The maximum absolute atomic E-state index is 5.06. The maximum Gasteiger partial charge on any atom is 0.119 e. The lowest BCUT2D eigenvalue weighted by molar-refractivity contribution is 0.414. The highest BCUT2D eigenvalue weighted by molar-refractivity contribution is 5.54. The molecule has 1 heteroatoms. The Morgan fingerprint density at radius 3 is 2.73 bits per heavy atom. The Morgan fingerprint density at radius 2 is 2.18 bits per heavy atom. The molecule has 1 aromatic rings. The lowest BCUT2D eigenvalue weighted by Gasteiger charge is -2.03. The smallest absolute Gasteiger partial charge is 0.119 e. The third-order valence-electron chi connectivity index (χ3n) is 1.71. The van der Waals surface area contributed by atoms with Crippen LogP contribution in [0, 0.1) is 6.92 Å². The van der Waals surface area contributed by atoms with Crippen LogP contribution in [0.25, 0.3) is 6.08 Å². The molecule has 58 valence electrons. The van der Waals surface area contributed by atoms with Gasteiger partial charge in [-0.1, -0.05) is 18.7 Å². The molecule has 11 heavy (non-hydrogen) atoms. The average Bonchev–Trinajstić information content (AvgIpc) is 2.05. The highest BCUT2D eigenvalue weighted by Crippen LogP contribution is 2.17. The van der Waals surface area contributed by atoms with Crippen LogP contribution >= 0.6 is 0 Å². The summed E-state index contributed by atoms with van der Waals surface area (Å²) < 4.78 is 5.06. The van der Waals surface area contributed by atoms with Gasteiger partial charge < -0.3 is 4.74 Å². The van der Waals surface area contributed by atoms with Gasteiger partial charge in [0.25, 0.3) is 0 Å². The molecular formula is C10H12O. The van der Waals surface area contributed by atoms with Gasteiger partial charge in [-0.15, -0.1) is 0 Å². The van der Waals surface area contributed by atoms with E-state index in [-0.39, 0.29) is 0 Å². The van der Waals surface area contributed by atoms with Gasteiger partial charge in [-0.3, -0.25) is 0 Å². The Kier molecular flexibility index (Phi) is 2.32. The van der Waals surface area contributed by atoms with Gasteiger partial charge in [0.1, 0.15) is 5.75 Å². The molecule has 0 aliphatic heterocycles. The number of ether oxygens (including phenoxy) is 1. The molecule has 0 radical (unpaired) electrons. The van der Waals surface area contributed by atoms with E-state index in [1.165, 1.54) is 5.56 Å². The molecule has 0 aromatic heterocycles. The molecule has 0 saturated heterocycles. The number of hydrogen-bond acceptors (Lipinski definition) is 1. The molecule has 0 heterocycles. The van der Waals surface area contributed by atoms with Crippen molar-refractivity contribution in [1.82, 2.24) is 0 Å². The van der Waals surface area contributed by atoms with E-state index in [9.17, 15) is 0 Å². The largest absolute Gasteiger partial charge is 0.497 e. The van der Waals surface area contributed by atoms with Crippen molar-refractivity contribution < 1.29 is 4.74 Å². The fourth-order valence-electron chi connectivity index (χ4n) is 0.965. The second-order valence-electron chi connectivity index (χ2n) is 2.43. The molecule has 0 bridgehead atoms. The lowest BCUT2D eigenvalue weighted by atomic mass is 10.1. The van der Waals surface area contributed by atoms with Crippen LogP contribution in [0.2, 0.25) is 0 Å². The Morgan fingerprint density at radius 1 is 1.45 bits per heavy atom. The van der Waals surface area contributed by atoms with E-state index >= 15 is 0 Å². The summed E-state index contributed by atoms with van der Waals surface area (Å²) >= 11 is 0. The van der Waals surface area contributed by atoms with Crippen LogP contribution in [-0.4, -0.2) is 7.11 Å². The second kappa shape index (κ2) is 3.24. The van der Waals surface area contributed by atoms with E-state index in [1.807, 2.05) is 24.3 Å². The van der Waals surface area contributed by atoms with Crippen LogP contribution in [-0.2, 0) is 0 Å². The molecule has 0 fully saturated rings. The van der Waals surface area contributed by atoms with E-state index in [2.05, 4.69) is 13.5 Å². The van der Waals surface area contributed by atoms with Crippen molar-refractivity contribution in [3.63, 3.8) is 0 Å². The number of hydrogen-bond donors (Lipinski definition) is 0. The van der Waals surface area contributed by atoms with Gasteiger partial charge in [0, 0.05) is 0 Å². The highest BCUT2D eigenvalue weighted by atomic mass is 16.5. The van der Waals surface area contributed by atoms with Crippen LogP contribution in [0.4, 0.5) is 0 Å². The zero-order valence-electron chi connectivity index (χ0n) is 6.92. The molecule has 0 aliphatic rings. The third-order valence-corrected chi connectivity index (χ3v) is 1.71. The van der Waals surface area contributed by atoms with Gasteiger partial charge >= 0.3 is 0 Å². The minimum Gasteiger partial charge on any atom is -0.497 e. The van der Waals surface area contributed by atoms with Crippen molar-refractivity contribution in [1.29, 1.82) is 0 Å². The monoisotopic (exact) mass is 148 g/mol. The summed E-state index contributed by atoms with van der Waals surface area (Å²) in [4.78, 5) is 0. The molecule has 0 aliphatic carbocycles. The van der Waals surface area contributed by atoms with Crippen molar-refractivity contribution in [3.05, 3.63) is 35.9 Å². The van der Waals surface area contributed by atoms with Gasteiger partial charge in [-0.05, 0) is 30.2 Å². The molecule has 0 atom stereocenters. The summed E-state index contributed by atoms with van der Waals surface area (Å²) in [5.74, 6) is 0.880. The van der Waals surface area contributed by atoms with Crippen LogP contribution < -0.4 is 4.74 Å². The normalized spacial score (nSPS) is 9.27. The van der Waals surface area contributed by atoms with Gasteiger partial charge in [-0.25, -0.2) is 0 Å². The van der Waals surface area contributed by atoms with Gasteiger partial charge in [0.05, 0.1) is 7.11 Å². The fourth-order valence-corrected chi connectivity index (χ4v) is 0.965. The van der Waals surface area contributed by atoms with Crippen LogP contribution in [0.15, 0.2) is 24.8 Å². The molecule has 0 saturated carbocycles. The zero-order valence-corrected chi connectivity index (χ0v) is 6.92. The standard InChI is InChI=1S/C10H12O/c1-4-9-7-10(11-3)6-5-8(9)2/h4-7H,1H2,2-3H3. The molecule has 0 amide bonds. The first-order chi connectivity index (χ1) is 5.27. The molecule has 0 unspecified atom stereocenters. The molecule has 0 spiro atoms. The number of aryl methyl sites for hydroxylation is 1. The quantitative estimate of drug-likeness (QED) is 0.626. The SMILES string of the molecule is C=Cc1cc(OC)ccc1C. The molecular weight excluding hydrogens is 136 g/mol. The summed E-state index contributed by atoms with van der Waals surface area (Å²) in [6.45, 7) is 5.76. The average molecular weight is 148 g/mol. The number of methoxy groups -OCH3 is 1. The highest BCUT2D eigenvalue weighted by Gasteiger charge is 1.95. The Balaban J connectivity index is 3.12. The number of benzene rings is 1. The summed E-state index contributed by atoms with van der Waals surface area (Å²) in [7, 11) is 1.66. The van der Waals surface area contributed by atoms with Crippen LogP contribution in [0.1, 0.15) is 11.1 Å². The third kappa shape index (κ3) is 1.61. The molecule has 1 rings (SSSR count). The molecule has 1 nitrogen and oxygen atoms in total. The van der Waals surface area contributed by atoms with E-state index in [1.54, 1.807) is 7.11 Å². The first-order valence-corrected chi connectivity index (χ1v) is 3.55. The lowest BCUT2D eigenvalue weighted by Crippen LogP contribution is -1.85. The van der Waals surface area contributed by atoms with E-state index in [0.717, 1.165) is 11.3 Å². The van der Waals surface area contributed by atoms with Gasteiger partial charge in [0.15, 0.2) is 0 Å². The van der Waals surface area contributed by atoms with E-state index in [4.69, 9.17) is 4.74 Å². The Hall–Kier alpha value is -1.24. The van der Waals surface area contributed by atoms with Crippen molar-refractivity contribution in [3.8, 4) is 5.75 Å². The van der Waals surface area contributed by atoms with E-state index in [0.29, 0.717) is 0 Å². The minimum absolute atomic E-state index is 0.880. The van der Waals surface area contributed by atoms with E-state index < -0.39 is 0 Å². The van der Waals surface area contributed by atoms with Crippen molar-refractivity contribution in [2.24, 2.45) is 0 Å². The summed E-state index contributed by atoms with van der Waals surface area (Å²) in [6, 6.07) is 5.94. The predicted molar refractivity (Wildman–Crippen MR) is 47.8 cm³/mol. The Bertz CT molecular complexity index is 264. The zero-order chi connectivity index (χ0) is 8.27. The Labute approximate surface area is 67.3 Å². The molecule has 0 N–H and O–H groups in total. The minimum atomic E-state index is 0.880. The topological polar surface area (TPSA) is 9.23 Å². The van der Waals surface area contributed by atoms with Gasteiger partial charge in [0.2, 0.25) is 0 Å².